The molecular weight excluding hydrogens is 175 g/mol. The van der Waals surface area contributed by atoms with Crippen LogP contribution in [-0.2, 0) is 0 Å². The number of benzene rings is 1. The molecule has 1 rings (SSSR count). The van der Waals surface area contributed by atoms with E-state index in [1.165, 1.54) is 6.07 Å². The molecule has 0 radical (unpaired) electrons. The molecular formula is C10H12ClF. The highest BCUT2D eigenvalue weighted by atomic mass is 35.5. The van der Waals surface area contributed by atoms with Crippen LogP contribution in [0.15, 0.2) is 18.2 Å². The van der Waals surface area contributed by atoms with Crippen molar-refractivity contribution in [3.8, 4) is 0 Å². The van der Waals surface area contributed by atoms with Gasteiger partial charge in [0.05, 0.1) is 0 Å². The number of hydrogen-bond donors (Lipinski definition) is 0. The van der Waals surface area contributed by atoms with Crippen molar-refractivity contribution in [2.24, 2.45) is 0 Å². The Hall–Kier alpha value is -0.560. The highest BCUT2D eigenvalue weighted by Gasteiger charge is 2.05. The van der Waals surface area contributed by atoms with Crippen molar-refractivity contribution in [2.45, 2.75) is 26.2 Å². The van der Waals surface area contributed by atoms with Gasteiger partial charge in [-0.1, -0.05) is 25.4 Å². The first-order valence-electron chi connectivity index (χ1n) is 4.09. The first-order valence-corrected chi connectivity index (χ1v) is 4.47. The first kappa shape index (κ1) is 9.53. The lowest BCUT2D eigenvalue weighted by molar-refractivity contribution is 0.620. The van der Waals surface area contributed by atoms with E-state index in [9.17, 15) is 4.39 Å². The molecule has 0 aliphatic rings. The Labute approximate surface area is 77.4 Å². The monoisotopic (exact) mass is 186 g/mol. The summed E-state index contributed by atoms with van der Waals surface area (Å²) in [6.07, 6.45) is 1.000. The summed E-state index contributed by atoms with van der Waals surface area (Å²) in [7, 11) is 0. The first-order chi connectivity index (χ1) is 5.63. The third kappa shape index (κ3) is 2.21. The van der Waals surface area contributed by atoms with Crippen molar-refractivity contribution in [3.05, 3.63) is 34.6 Å². The minimum absolute atomic E-state index is 0.252. The number of hydrogen-bond acceptors (Lipinski definition) is 0. The fraction of sp³-hybridized carbons (Fsp3) is 0.400. The lowest BCUT2D eigenvalue weighted by atomic mass is 9.99. The Morgan fingerprint density at radius 3 is 2.58 bits per heavy atom. The fourth-order valence-corrected chi connectivity index (χ4v) is 1.33. The summed E-state index contributed by atoms with van der Waals surface area (Å²) in [4.78, 5) is 0. The maximum atomic E-state index is 12.8. The van der Waals surface area contributed by atoms with Gasteiger partial charge in [-0.2, -0.15) is 0 Å². The average molecular weight is 187 g/mol. The molecule has 1 aromatic carbocycles. The Morgan fingerprint density at radius 1 is 1.42 bits per heavy atom. The molecule has 1 atom stereocenters. The zero-order valence-electron chi connectivity index (χ0n) is 7.27. The predicted octanol–water partition coefficient (Wildman–Crippen LogP) is 3.99. The van der Waals surface area contributed by atoms with Crippen molar-refractivity contribution < 1.29 is 4.39 Å². The molecule has 0 aromatic heterocycles. The van der Waals surface area contributed by atoms with Gasteiger partial charge in [-0.3, -0.25) is 0 Å². The molecule has 0 bridgehead atoms. The summed E-state index contributed by atoms with van der Waals surface area (Å²) in [5.41, 5.74) is 0.975. The second kappa shape index (κ2) is 3.90. The Bertz CT molecular complexity index is 250. The highest BCUT2D eigenvalue weighted by molar-refractivity contribution is 6.30. The molecule has 1 aromatic rings. The summed E-state index contributed by atoms with van der Waals surface area (Å²) < 4.78 is 12.8. The van der Waals surface area contributed by atoms with Gasteiger partial charge in [0.15, 0.2) is 0 Å². The predicted molar refractivity (Wildman–Crippen MR) is 50.1 cm³/mol. The molecule has 0 N–H and O–H groups in total. The zero-order valence-corrected chi connectivity index (χ0v) is 8.03. The van der Waals surface area contributed by atoms with E-state index in [1.54, 1.807) is 6.07 Å². The number of halogens is 2. The molecule has 0 unspecified atom stereocenters. The molecule has 12 heavy (non-hydrogen) atoms. The second-order valence-electron chi connectivity index (χ2n) is 3.01. The van der Waals surface area contributed by atoms with Gasteiger partial charge in [-0.25, -0.2) is 4.39 Å². The van der Waals surface area contributed by atoms with E-state index in [0.717, 1.165) is 12.0 Å². The second-order valence-corrected chi connectivity index (χ2v) is 3.45. The van der Waals surface area contributed by atoms with E-state index in [-0.39, 0.29) is 5.82 Å². The zero-order chi connectivity index (χ0) is 9.14. The van der Waals surface area contributed by atoms with Gasteiger partial charge < -0.3 is 0 Å². The van der Waals surface area contributed by atoms with Gasteiger partial charge in [-0.15, -0.1) is 0 Å². The summed E-state index contributed by atoms with van der Waals surface area (Å²) in [5.74, 6) is 0.121. The van der Waals surface area contributed by atoms with Crippen molar-refractivity contribution in [2.75, 3.05) is 0 Å². The molecule has 0 spiro atoms. The van der Waals surface area contributed by atoms with Crippen LogP contribution in [0.5, 0.6) is 0 Å². The fourth-order valence-electron chi connectivity index (χ4n) is 1.10. The minimum atomic E-state index is -0.252. The maximum Gasteiger partial charge on any atom is 0.124 e. The van der Waals surface area contributed by atoms with Crippen LogP contribution in [0.1, 0.15) is 31.7 Å². The van der Waals surface area contributed by atoms with E-state index < -0.39 is 0 Å². The molecule has 0 aliphatic carbocycles. The maximum absolute atomic E-state index is 12.8. The minimum Gasteiger partial charge on any atom is -0.207 e. The van der Waals surface area contributed by atoms with Gasteiger partial charge in [0, 0.05) is 5.02 Å². The van der Waals surface area contributed by atoms with Crippen molar-refractivity contribution in [1.29, 1.82) is 0 Å². The summed E-state index contributed by atoms with van der Waals surface area (Å²) >= 11 is 5.71. The van der Waals surface area contributed by atoms with Gasteiger partial charge in [0.25, 0.3) is 0 Å². The Morgan fingerprint density at radius 2 is 2.08 bits per heavy atom. The Kier molecular flexibility index (Phi) is 3.10. The molecule has 0 saturated heterocycles. The van der Waals surface area contributed by atoms with Crippen LogP contribution in [0.25, 0.3) is 0 Å². The summed E-state index contributed by atoms with van der Waals surface area (Å²) in [6.45, 7) is 4.13. The van der Waals surface area contributed by atoms with Crippen LogP contribution in [0.3, 0.4) is 0 Å². The van der Waals surface area contributed by atoms with Crippen LogP contribution >= 0.6 is 11.6 Å². The average Bonchev–Trinajstić information content (AvgIpc) is 2.01. The van der Waals surface area contributed by atoms with E-state index in [0.29, 0.717) is 10.9 Å². The lowest BCUT2D eigenvalue weighted by Crippen LogP contribution is -1.91. The normalized spacial score (nSPS) is 13.0. The standard InChI is InChI=1S/C10H12ClF/c1-3-7(2)8-4-9(11)6-10(12)5-8/h4-7H,3H2,1-2H3/t7-/m1/s1. The van der Waals surface area contributed by atoms with Crippen molar-refractivity contribution in [1.82, 2.24) is 0 Å². The molecule has 0 fully saturated rings. The van der Waals surface area contributed by atoms with Crippen molar-refractivity contribution in [3.63, 3.8) is 0 Å². The van der Waals surface area contributed by atoms with Gasteiger partial charge in [0.1, 0.15) is 5.82 Å². The number of rotatable bonds is 2. The molecule has 0 aliphatic heterocycles. The molecule has 0 nitrogen and oxygen atoms in total. The highest BCUT2D eigenvalue weighted by Crippen LogP contribution is 2.23. The van der Waals surface area contributed by atoms with E-state index in [4.69, 9.17) is 11.6 Å². The van der Waals surface area contributed by atoms with E-state index >= 15 is 0 Å². The van der Waals surface area contributed by atoms with Crippen LogP contribution in [-0.4, -0.2) is 0 Å². The Balaban J connectivity index is 3.00. The van der Waals surface area contributed by atoms with Crippen LogP contribution in [0.4, 0.5) is 4.39 Å². The molecule has 0 heterocycles. The van der Waals surface area contributed by atoms with Crippen LogP contribution in [0, 0.1) is 5.82 Å². The quantitative estimate of drug-likeness (QED) is 0.655. The molecule has 0 saturated carbocycles. The topological polar surface area (TPSA) is 0 Å². The van der Waals surface area contributed by atoms with Crippen LogP contribution in [0.2, 0.25) is 5.02 Å². The van der Waals surface area contributed by atoms with E-state index in [2.05, 4.69) is 13.8 Å². The lowest BCUT2D eigenvalue weighted by Gasteiger charge is -2.08. The van der Waals surface area contributed by atoms with Crippen LogP contribution < -0.4 is 0 Å². The largest absolute Gasteiger partial charge is 0.207 e. The van der Waals surface area contributed by atoms with Gasteiger partial charge in [0.2, 0.25) is 0 Å². The summed E-state index contributed by atoms with van der Waals surface area (Å²) in [6, 6.07) is 4.69. The molecule has 2 heteroatoms. The summed E-state index contributed by atoms with van der Waals surface area (Å²) in [5, 5.41) is 0.477. The van der Waals surface area contributed by atoms with Gasteiger partial charge >= 0.3 is 0 Å². The van der Waals surface area contributed by atoms with E-state index in [1.807, 2.05) is 6.07 Å². The third-order valence-corrected chi connectivity index (χ3v) is 2.28. The van der Waals surface area contributed by atoms with Crippen molar-refractivity contribution >= 4 is 11.6 Å². The molecule has 66 valence electrons. The molecule has 0 amide bonds. The van der Waals surface area contributed by atoms with Gasteiger partial charge in [-0.05, 0) is 36.1 Å². The SMILES string of the molecule is CC[C@@H](C)c1cc(F)cc(Cl)c1. The smallest absolute Gasteiger partial charge is 0.124 e. The third-order valence-electron chi connectivity index (χ3n) is 2.07.